The van der Waals surface area contributed by atoms with Crippen LogP contribution < -0.4 is 0 Å². The van der Waals surface area contributed by atoms with Gasteiger partial charge in [0, 0.05) is 6.54 Å². The molecule has 0 saturated carbocycles. The lowest BCUT2D eigenvalue weighted by atomic mass is 10.2. The molecular weight excluding hydrogens is 406 g/mol. The number of carbonyl (C=O) groups excluding carboxylic acids is 2. The highest BCUT2D eigenvalue weighted by atomic mass is 32.2. The van der Waals surface area contributed by atoms with Crippen molar-refractivity contribution in [1.82, 2.24) is 24.9 Å². The van der Waals surface area contributed by atoms with Gasteiger partial charge in [-0.05, 0) is 32.1 Å². The molecule has 0 aliphatic heterocycles. The maximum Gasteiger partial charge on any atom is 0.356 e. The first kappa shape index (κ1) is 22.4. The average Bonchev–Trinajstić information content (AvgIpc) is 3.13. The zero-order valence-electron chi connectivity index (χ0n) is 16.1. The molecule has 1 N–H and O–H groups in total. The van der Waals surface area contributed by atoms with Crippen LogP contribution in [0.3, 0.4) is 0 Å². The van der Waals surface area contributed by atoms with E-state index in [-0.39, 0.29) is 23.6 Å². The largest absolute Gasteiger partial charge is 0.464 e. The summed E-state index contributed by atoms with van der Waals surface area (Å²) in [5, 5.41) is 8.01. The fourth-order valence-corrected chi connectivity index (χ4v) is 2.93. The van der Waals surface area contributed by atoms with Crippen LogP contribution in [-0.2, 0) is 26.1 Å². The molecule has 0 saturated heterocycles. The van der Waals surface area contributed by atoms with Gasteiger partial charge in [0.05, 0.1) is 37.6 Å². The summed E-state index contributed by atoms with van der Waals surface area (Å²) in [7, 11) is 0.161. The second-order valence-corrected chi connectivity index (χ2v) is 7.68. The molecule has 2 aromatic heterocycles. The molecule has 158 valence electrons. The number of pyridine rings is 1. The van der Waals surface area contributed by atoms with Gasteiger partial charge in [0.25, 0.3) is 10.1 Å². The van der Waals surface area contributed by atoms with Crippen LogP contribution in [0.2, 0.25) is 0 Å². The number of ether oxygens (including phenoxy) is 2. The van der Waals surface area contributed by atoms with Gasteiger partial charge < -0.3 is 14.4 Å². The lowest BCUT2D eigenvalue weighted by molar-refractivity contribution is 0.0585. The van der Waals surface area contributed by atoms with E-state index in [1.54, 1.807) is 13.2 Å². The van der Waals surface area contributed by atoms with Crippen molar-refractivity contribution in [3.8, 4) is 5.69 Å². The van der Waals surface area contributed by atoms with Crippen molar-refractivity contribution in [3.05, 3.63) is 35.4 Å². The summed E-state index contributed by atoms with van der Waals surface area (Å²) >= 11 is 0. The zero-order chi connectivity index (χ0) is 21.6. The predicted molar refractivity (Wildman–Crippen MR) is 99.2 cm³/mol. The number of aromatic nitrogens is 4. The fourth-order valence-electron chi connectivity index (χ4n) is 2.44. The van der Waals surface area contributed by atoms with Crippen molar-refractivity contribution in [2.24, 2.45) is 0 Å². The Labute approximate surface area is 167 Å². The molecule has 0 atom stereocenters. The summed E-state index contributed by atoms with van der Waals surface area (Å²) in [4.78, 5) is 29.4. The van der Waals surface area contributed by atoms with E-state index in [1.807, 2.05) is 4.90 Å². The van der Waals surface area contributed by atoms with Gasteiger partial charge in [-0.3, -0.25) is 4.55 Å². The number of carbonyl (C=O) groups is 2. The molecule has 2 rings (SSSR count). The van der Waals surface area contributed by atoms with Crippen molar-refractivity contribution in [2.45, 2.75) is 13.0 Å². The summed E-state index contributed by atoms with van der Waals surface area (Å²) < 4.78 is 41.0. The van der Waals surface area contributed by atoms with Gasteiger partial charge in [0.2, 0.25) is 0 Å². The average molecular weight is 427 g/mol. The number of esters is 2. The zero-order valence-corrected chi connectivity index (χ0v) is 16.9. The van der Waals surface area contributed by atoms with Crippen LogP contribution in [0.25, 0.3) is 5.69 Å². The van der Waals surface area contributed by atoms with Crippen molar-refractivity contribution < 1.29 is 32.0 Å². The van der Waals surface area contributed by atoms with Crippen molar-refractivity contribution in [2.75, 3.05) is 33.6 Å². The van der Waals surface area contributed by atoms with Crippen LogP contribution in [0.15, 0.2) is 18.3 Å². The molecule has 2 aromatic rings. The Morgan fingerprint density at radius 1 is 1.17 bits per heavy atom. The summed E-state index contributed by atoms with van der Waals surface area (Å²) in [6, 6.07) is 2.79. The monoisotopic (exact) mass is 427 g/mol. The van der Waals surface area contributed by atoms with E-state index in [0.717, 1.165) is 0 Å². The topological polar surface area (TPSA) is 154 Å². The number of methoxy groups -OCH3 is 2. The van der Waals surface area contributed by atoms with Gasteiger partial charge >= 0.3 is 11.9 Å². The van der Waals surface area contributed by atoms with E-state index in [9.17, 15) is 18.0 Å². The van der Waals surface area contributed by atoms with Gasteiger partial charge in [0.1, 0.15) is 0 Å². The normalized spacial score (nSPS) is 11.5. The molecule has 0 aromatic carbocycles. The van der Waals surface area contributed by atoms with Crippen LogP contribution in [0.1, 0.15) is 33.1 Å². The first-order chi connectivity index (χ1) is 13.6. The molecule has 0 aliphatic carbocycles. The molecule has 0 aliphatic rings. The minimum absolute atomic E-state index is 0.0928. The molecule has 12 nitrogen and oxygen atoms in total. The quantitative estimate of drug-likeness (QED) is 0.423. The van der Waals surface area contributed by atoms with E-state index in [4.69, 9.17) is 4.55 Å². The smallest absolute Gasteiger partial charge is 0.356 e. The van der Waals surface area contributed by atoms with E-state index < -0.39 is 22.1 Å². The van der Waals surface area contributed by atoms with Crippen LogP contribution in [0.5, 0.6) is 0 Å². The van der Waals surface area contributed by atoms with Gasteiger partial charge in [0.15, 0.2) is 11.4 Å². The molecule has 0 radical (unpaired) electrons. The molecule has 29 heavy (non-hydrogen) atoms. The molecule has 13 heteroatoms. The minimum Gasteiger partial charge on any atom is -0.464 e. The number of nitrogens with zero attached hydrogens (tertiary/aromatic N) is 5. The van der Waals surface area contributed by atoms with Gasteiger partial charge in [-0.1, -0.05) is 5.21 Å². The molecule has 0 unspecified atom stereocenters. The minimum atomic E-state index is -3.99. The third-order valence-electron chi connectivity index (χ3n) is 3.78. The van der Waals surface area contributed by atoms with Crippen LogP contribution in [-0.4, -0.2) is 83.4 Å². The van der Waals surface area contributed by atoms with Crippen molar-refractivity contribution >= 4 is 22.1 Å². The Morgan fingerprint density at radius 2 is 1.76 bits per heavy atom. The Morgan fingerprint density at radius 3 is 2.28 bits per heavy atom. The SMILES string of the molecule is COC(=O)c1cc(-n2cc(CN(C)CCCS(=O)(=O)O)nn2)cc(C(=O)OC)n1. The second-order valence-electron chi connectivity index (χ2n) is 6.11. The van der Waals surface area contributed by atoms with Crippen LogP contribution in [0.4, 0.5) is 0 Å². The lowest BCUT2D eigenvalue weighted by Gasteiger charge is -2.13. The lowest BCUT2D eigenvalue weighted by Crippen LogP contribution is -2.21. The summed E-state index contributed by atoms with van der Waals surface area (Å²) in [6.07, 6.45) is 1.86. The second kappa shape index (κ2) is 9.54. The van der Waals surface area contributed by atoms with E-state index in [1.165, 1.54) is 31.0 Å². The maximum atomic E-state index is 11.8. The maximum absolute atomic E-state index is 11.8. The van der Waals surface area contributed by atoms with Gasteiger partial charge in [-0.2, -0.15) is 8.42 Å². The highest BCUT2D eigenvalue weighted by Crippen LogP contribution is 2.13. The highest BCUT2D eigenvalue weighted by Gasteiger charge is 2.17. The fraction of sp³-hybridized carbons (Fsp3) is 0.438. The molecular formula is C16H21N5O7S. The van der Waals surface area contributed by atoms with Crippen molar-refractivity contribution in [3.63, 3.8) is 0 Å². The Bertz CT molecular complexity index is 955. The number of hydrogen-bond acceptors (Lipinski definition) is 10. The summed E-state index contributed by atoms with van der Waals surface area (Å²) in [5.41, 5.74) is 0.735. The molecule has 2 heterocycles. The van der Waals surface area contributed by atoms with Crippen molar-refractivity contribution in [1.29, 1.82) is 0 Å². The molecule has 0 spiro atoms. The first-order valence-corrected chi connectivity index (χ1v) is 9.98. The predicted octanol–water partition coefficient (Wildman–Crippen LogP) is -0.0548. The molecule has 0 fully saturated rings. The Kier molecular flexibility index (Phi) is 7.36. The summed E-state index contributed by atoms with van der Waals surface area (Å²) in [6.45, 7) is 0.783. The van der Waals surface area contributed by atoms with Crippen LogP contribution >= 0.6 is 0 Å². The first-order valence-electron chi connectivity index (χ1n) is 8.37. The Balaban J connectivity index is 2.18. The molecule has 0 amide bonds. The van der Waals surface area contributed by atoms with E-state index in [2.05, 4.69) is 24.8 Å². The third-order valence-corrected chi connectivity index (χ3v) is 4.58. The molecule has 0 bridgehead atoms. The van der Waals surface area contributed by atoms with Gasteiger partial charge in [-0.15, -0.1) is 5.10 Å². The van der Waals surface area contributed by atoms with E-state index >= 15 is 0 Å². The van der Waals surface area contributed by atoms with E-state index in [0.29, 0.717) is 24.5 Å². The van der Waals surface area contributed by atoms with Gasteiger partial charge in [-0.25, -0.2) is 19.3 Å². The summed E-state index contributed by atoms with van der Waals surface area (Å²) in [5.74, 6) is -1.78. The number of hydrogen-bond donors (Lipinski definition) is 1. The number of rotatable bonds is 9. The van der Waals surface area contributed by atoms with Crippen LogP contribution in [0, 0.1) is 0 Å². The standard InChI is InChI=1S/C16H21N5O7S/c1-20(5-4-6-29(24,25)26)9-11-10-21(19-18-11)12-7-13(15(22)27-2)17-14(8-12)16(23)28-3/h7-8,10H,4-6,9H2,1-3H3,(H,24,25,26). The highest BCUT2D eigenvalue weighted by molar-refractivity contribution is 7.85. The Hall–Kier alpha value is -2.90. The third kappa shape index (κ3) is 6.58.